The zero-order chi connectivity index (χ0) is 25.0. The highest BCUT2D eigenvalue weighted by atomic mass is 32.2. The molecule has 2 aliphatic heterocycles. The zero-order valence-corrected chi connectivity index (χ0v) is 22.1. The molecule has 0 unspecified atom stereocenters. The van der Waals surface area contributed by atoms with E-state index in [0.717, 1.165) is 31.4 Å². The van der Waals surface area contributed by atoms with Gasteiger partial charge in [0.05, 0.1) is 23.8 Å². The molecule has 2 heterocycles. The van der Waals surface area contributed by atoms with Gasteiger partial charge in [0.2, 0.25) is 15.9 Å². The summed E-state index contributed by atoms with van der Waals surface area (Å²) in [5, 5.41) is 0. The van der Waals surface area contributed by atoms with E-state index < -0.39 is 10.0 Å². The highest BCUT2D eigenvalue weighted by Crippen LogP contribution is 2.70. The average molecular weight is 503 g/mol. The summed E-state index contributed by atoms with van der Waals surface area (Å²) >= 11 is 0. The number of amides is 1. The highest BCUT2D eigenvalue weighted by molar-refractivity contribution is 7.90. The molecule has 3 fully saturated rings. The lowest BCUT2D eigenvalue weighted by Crippen LogP contribution is -2.51. The van der Waals surface area contributed by atoms with Crippen molar-refractivity contribution >= 4 is 32.8 Å². The van der Waals surface area contributed by atoms with Crippen LogP contribution in [0.15, 0.2) is 54.6 Å². The van der Waals surface area contributed by atoms with Crippen molar-refractivity contribution < 1.29 is 13.2 Å². The predicted octanol–water partition coefficient (Wildman–Crippen LogP) is 5.19. The fraction of sp³-hybridized carbons (Fsp3) is 0.500. The Morgan fingerprint density at radius 2 is 1.72 bits per heavy atom. The van der Waals surface area contributed by atoms with Crippen LogP contribution in [0.5, 0.6) is 0 Å². The number of carbonyl (C=O) groups is 1. The Bertz CT molecular complexity index is 1410. The molecule has 2 saturated carbocycles. The van der Waals surface area contributed by atoms with Gasteiger partial charge in [-0.15, -0.1) is 0 Å². The Hall–Kier alpha value is -2.60. The maximum Gasteiger partial charge on any atom is 0.241 e. The Balaban J connectivity index is 1.33. The number of carbonyl (C=O) groups excluding carboxylic acids is 1. The van der Waals surface area contributed by atoms with Crippen molar-refractivity contribution in [2.45, 2.75) is 58.0 Å². The predicted molar refractivity (Wildman–Crippen MR) is 143 cm³/mol. The lowest BCUT2D eigenvalue weighted by Gasteiger charge is -2.40. The topological polar surface area (TPSA) is 57.7 Å². The third kappa shape index (κ3) is 2.66. The van der Waals surface area contributed by atoms with Crippen LogP contribution in [0.25, 0.3) is 11.1 Å². The SMILES string of the molecule is CN1c2ccccc2C2=C(c3ccccc3)CC[C@@H](C(=O)N3[C@@H]4C[C@H]5CC[C@@]4(CS3(=O)=O)C5(C)C)[C@H]21. The van der Waals surface area contributed by atoms with E-state index in [4.69, 9.17) is 0 Å². The Morgan fingerprint density at radius 3 is 2.47 bits per heavy atom. The summed E-state index contributed by atoms with van der Waals surface area (Å²) in [5.74, 6) is 0.0791. The van der Waals surface area contributed by atoms with Crippen molar-refractivity contribution in [3.8, 4) is 0 Å². The summed E-state index contributed by atoms with van der Waals surface area (Å²) in [6.45, 7) is 4.48. The third-order valence-electron chi connectivity index (χ3n) is 10.8. The van der Waals surface area contributed by atoms with Crippen LogP contribution in [-0.4, -0.2) is 43.5 Å². The molecule has 5 nitrogen and oxygen atoms in total. The van der Waals surface area contributed by atoms with Gasteiger partial charge in [0.1, 0.15) is 0 Å². The quantitative estimate of drug-likeness (QED) is 0.567. The van der Waals surface area contributed by atoms with Crippen LogP contribution in [0.1, 0.15) is 57.1 Å². The van der Waals surface area contributed by atoms with Gasteiger partial charge in [0.25, 0.3) is 0 Å². The molecule has 5 atom stereocenters. The number of rotatable bonds is 2. The number of fused-ring (bicyclic) bond motifs is 4. The Labute approximate surface area is 214 Å². The summed E-state index contributed by atoms with van der Waals surface area (Å²) in [6.07, 6.45) is 4.25. The van der Waals surface area contributed by atoms with E-state index in [-0.39, 0.29) is 40.5 Å². The number of allylic oxidation sites excluding steroid dienone is 1. The summed E-state index contributed by atoms with van der Waals surface area (Å²) in [4.78, 5) is 16.6. The van der Waals surface area contributed by atoms with Gasteiger partial charge in [0, 0.05) is 23.7 Å². The lowest BCUT2D eigenvalue weighted by atomic mass is 9.69. The van der Waals surface area contributed by atoms with Crippen molar-refractivity contribution in [3.05, 3.63) is 65.7 Å². The van der Waals surface area contributed by atoms with Crippen molar-refractivity contribution in [2.75, 3.05) is 17.7 Å². The molecule has 1 amide bonds. The van der Waals surface area contributed by atoms with Gasteiger partial charge in [-0.25, -0.2) is 12.7 Å². The van der Waals surface area contributed by atoms with Crippen LogP contribution in [0.3, 0.4) is 0 Å². The van der Waals surface area contributed by atoms with Gasteiger partial charge in [-0.3, -0.25) is 4.79 Å². The van der Waals surface area contributed by atoms with Crippen LogP contribution < -0.4 is 4.90 Å². The molecule has 6 heteroatoms. The molecule has 5 aliphatic rings. The van der Waals surface area contributed by atoms with Crippen molar-refractivity contribution in [2.24, 2.45) is 22.7 Å². The zero-order valence-electron chi connectivity index (χ0n) is 21.3. The normalized spacial score (nSPS) is 35.1. The summed E-state index contributed by atoms with van der Waals surface area (Å²) in [7, 11) is -1.58. The summed E-state index contributed by atoms with van der Waals surface area (Å²) in [5.41, 5.74) is 5.62. The molecule has 2 aromatic rings. The molecule has 1 spiro atoms. The van der Waals surface area contributed by atoms with Gasteiger partial charge in [0.15, 0.2) is 0 Å². The van der Waals surface area contributed by atoms with Crippen LogP contribution in [-0.2, 0) is 14.8 Å². The number of hydrogen-bond acceptors (Lipinski definition) is 4. The second-order valence-electron chi connectivity index (χ2n) is 12.2. The third-order valence-corrected chi connectivity index (χ3v) is 12.7. The molecular formula is C30H34N2O3S. The fourth-order valence-electron chi connectivity index (χ4n) is 8.86. The standard InChI is InChI=1S/C30H34N2O3S/c1-29(2)20-15-16-30(29)18-36(34,35)32(25(30)17-20)28(33)23-14-13-21(19-9-5-4-6-10-19)26-22-11-7-8-12-24(22)31(3)27(23)26/h4-12,20,23,25,27H,13-18H2,1-3H3/t20-,23-,25-,27-,30+/m1/s1. The van der Waals surface area contributed by atoms with Crippen LogP contribution in [0.4, 0.5) is 5.69 Å². The van der Waals surface area contributed by atoms with Gasteiger partial charge in [-0.05, 0) is 66.2 Å². The van der Waals surface area contributed by atoms with E-state index in [9.17, 15) is 13.2 Å². The van der Waals surface area contributed by atoms with Crippen molar-refractivity contribution in [1.29, 1.82) is 0 Å². The molecule has 3 aliphatic carbocycles. The molecule has 7 rings (SSSR count). The molecule has 0 radical (unpaired) electrons. The molecule has 1 saturated heterocycles. The second kappa shape index (κ2) is 7.25. The Kier molecular flexibility index (Phi) is 4.55. The van der Waals surface area contributed by atoms with Crippen molar-refractivity contribution in [3.63, 3.8) is 0 Å². The van der Waals surface area contributed by atoms with E-state index >= 15 is 0 Å². The minimum absolute atomic E-state index is 0.0434. The first-order chi connectivity index (χ1) is 17.2. The number of benzene rings is 2. The molecule has 2 bridgehead atoms. The minimum atomic E-state index is -3.64. The van der Waals surface area contributed by atoms with E-state index in [1.54, 1.807) is 0 Å². The first-order valence-electron chi connectivity index (χ1n) is 13.3. The molecular weight excluding hydrogens is 468 g/mol. The number of sulfonamides is 1. The molecule has 0 aromatic heterocycles. The van der Waals surface area contributed by atoms with Gasteiger partial charge >= 0.3 is 0 Å². The number of nitrogens with zero attached hydrogens (tertiary/aromatic N) is 2. The van der Waals surface area contributed by atoms with Crippen LogP contribution >= 0.6 is 0 Å². The van der Waals surface area contributed by atoms with Crippen LogP contribution in [0, 0.1) is 22.7 Å². The molecule has 188 valence electrons. The lowest BCUT2D eigenvalue weighted by molar-refractivity contribution is -0.133. The number of likely N-dealkylation sites (N-methyl/N-ethyl adjacent to an activating group) is 1. The first kappa shape index (κ1) is 22.6. The smallest absolute Gasteiger partial charge is 0.241 e. The number of para-hydroxylation sites is 1. The van der Waals surface area contributed by atoms with Crippen LogP contribution in [0.2, 0.25) is 0 Å². The highest BCUT2D eigenvalue weighted by Gasteiger charge is 2.72. The Morgan fingerprint density at radius 1 is 1.00 bits per heavy atom. The summed E-state index contributed by atoms with van der Waals surface area (Å²) in [6, 6.07) is 18.5. The van der Waals surface area contributed by atoms with E-state index in [2.05, 4.69) is 68.3 Å². The molecule has 0 N–H and O–H groups in total. The van der Waals surface area contributed by atoms with Crippen molar-refractivity contribution in [1.82, 2.24) is 4.31 Å². The number of anilines is 1. The minimum Gasteiger partial charge on any atom is -0.366 e. The maximum absolute atomic E-state index is 14.4. The number of hydrogen-bond donors (Lipinski definition) is 0. The van der Waals surface area contributed by atoms with Gasteiger partial charge in [-0.1, -0.05) is 62.4 Å². The summed E-state index contributed by atoms with van der Waals surface area (Å²) < 4.78 is 28.8. The van der Waals surface area contributed by atoms with E-state index in [1.807, 2.05) is 12.1 Å². The maximum atomic E-state index is 14.4. The first-order valence-corrected chi connectivity index (χ1v) is 14.9. The largest absolute Gasteiger partial charge is 0.366 e. The average Bonchev–Trinajstić information content (AvgIpc) is 3.46. The fourth-order valence-corrected chi connectivity index (χ4v) is 11.4. The van der Waals surface area contributed by atoms with E-state index in [0.29, 0.717) is 12.3 Å². The molecule has 2 aromatic carbocycles. The monoisotopic (exact) mass is 502 g/mol. The van der Waals surface area contributed by atoms with Gasteiger partial charge < -0.3 is 4.90 Å². The second-order valence-corrected chi connectivity index (χ2v) is 14.1. The van der Waals surface area contributed by atoms with E-state index in [1.165, 1.54) is 26.6 Å². The van der Waals surface area contributed by atoms with Gasteiger partial charge in [-0.2, -0.15) is 0 Å². The molecule has 36 heavy (non-hydrogen) atoms.